The van der Waals surface area contributed by atoms with Crippen molar-refractivity contribution in [3.8, 4) is 0 Å². The van der Waals surface area contributed by atoms with Crippen LogP contribution in [0.25, 0.3) is 0 Å². The molecule has 0 unspecified atom stereocenters. The molecule has 1 saturated heterocycles. The molecule has 1 aliphatic heterocycles. The normalized spacial score (nSPS) is 20.5. The highest BCUT2D eigenvalue weighted by Gasteiger charge is 2.08. The summed E-state index contributed by atoms with van der Waals surface area (Å²) in [5.41, 5.74) is 0. The fraction of sp³-hybridized carbons (Fsp3) is 1.00. The zero-order chi connectivity index (χ0) is 7.94. The summed E-state index contributed by atoms with van der Waals surface area (Å²) < 4.78 is 0. The molecule has 0 aromatic heterocycles. The van der Waals surface area contributed by atoms with Gasteiger partial charge in [0.1, 0.15) is 0 Å². The summed E-state index contributed by atoms with van der Waals surface area (Å²) in [5, 5.41) is 0. The second-order valence-corrected chi connectivity index (χ2v) is 3.90. The molecule has 1 aliphatic rings. The molecule has 0 aromatic carbocycles. The monoisotopic (exact) mass is 176 g/mol. The molecule has 1 heterocycles. The van der Waals surface area contributed by atoms with Gasteiger partial charge in [-0.05, 0) is 6.42 Å². The molecular formula is C7H16N2OS. The minimum absolute atomic E-state index is 0.684. The van der Waals surface area contributed by atoms with E-state index >= 15 is 0 Å². The number of nitrogens with zero attached hydrogens (tertiary/aromatic N) is 1. The zero-order valence-corrected chi connectivity index (χ0v) is 7.61. The van der Waals surface area contributed by atoms with Crippen LogP contribution in [0.15, 0.2) is 0 Å². The highest BCUT2D eigenvalue weighted by atomic mass is 32.2. The maximum atomic E-state index is 4.92. The molecule has 1 fully saturated rings. The van der Waals surface area contributed by atoms with Gasteiger partial charge in [-0.3, -0.25) is 0 Å². The lowest BCUT2D eigenvalue weighted by Gasteiger charge is -2.25. The number of hydrogen-bond acceptors (Lipinski definition) is 4. The van der Waals surface area contributed by atoms with Crippen LogP contribution < -0.4 is 5.90 Å². The van der Waals surface area contributed by atoms with Crippen molar-refractivity contribution < 1.29 is 4.84 Å². The Morgan fingerprint density at radius 1 is 1.36 bits per heavy atom. The van der Waals surface area contributed by atoms with E-state index in [2.05, 4.69) is 9.74 Å². The Hall–Kier alpha value is 0.230. The lowest BCUT2D eigenvalue weighted by molar-refractivity contribution is 0.124. The molecule has 0 spiro atoms. The fourth-order valence-electron chi connectivity index (χ4n) is 1.20. The maximum absolute atomic E-state index is 4.92. The predicted molar refractivity (Wildman–Crippen MR) is 48.5 cm³/mol. The topological polar surface area (TPSA) is 38.5 Å². The van der Waals surface area contributed by atoms with Gasteiger partial charge in [0.25, 0.3) is 0 Å². The molecule has 2 N–H and O–H groups in total. The van der Waals surface area contributed by atoms with Crippen LogP contribution in [0.1, 0.15) is 6.42 Å². The van der Waals surface area contributed by atoms with Crippen LogP contribution >= 0.6 is 11.8 Å². The number of hydrogen-bond donors (Lipinski definition) is 1. The average molecular weight is 176 g/mol. The van der Waals surface area contributed by atoms with Crippen molar-refractivity contribution in [1.29, 1.82) is 0 Å². The van der Waals surface area contributed by atoms with E-state index < -0.39 is 0 Å². The van der Waals surface area contributed by atoms with Crippen molar-refractivity contribution in [1.82, 2.24) is 4.90 Å². The van der Waals surface area contributed by atoms with Gasteiger partial charge in [0.05, 0.1) is 6.61 Å². The van der Waals surface area contributed by atoms with E-state index in [1.165, 1.54) is 24.6 Å². The van der Waals surface area contributed by atoms with Gasteiger partial charge in [-0.1, -0.05) is 0 Å². The number of rotatable bonds is 4. The quantitative estimate of drug-likeness (QED) is 0.494. The van der Waals surface area contributed by atoms with Gasteiger partial charge in [-0.25, -0.2) is 5.90 Å². The first-order chi connectivity index (χ1) is 5.43. The largest absolute Gasteiger partial charge is 0.305 e. The van der Waals surface area contributed by atoms with Gasteiger partial charge in [-0.2, -0.15) is 11.8 Å². The van der Waals surface area contributed by atoms with E-state index in [1.54, 1.807) is 0 Å². The van der Waals surface area contributed by atoms with E-state index in [0.29, 0.717) is 6.61 Å². The molecule has 0 radical (unpaired) electrons. The van der Waals surface area contributed by atoms with E-state index in [-0.39, 0.29) is 0 Å². The Bertz CT molecular complexity index is 96.4. The van der Waals surface area contributed by atoms with Gasteiger partial charge >= 0.3 is 0 Å². The number of nitrogens with two attached hydrogens (primary N) is 1. The summed E-state index contributed by atoms with van der Waals surface area (Å²) in [7, 11) is 0. The Morgan fingerprint density at radius 3 is 2.73 bits per heavy atom. The molecule has 0 aromatic rings. The Morgan fingerprint density at radius 2 is 2.09 bits per heavy atom. The molecule has 11 heavy (non-hydrogen) atoms. The lowest BCUT2D eigenvalue weighted by atomic mass is 10.4. The first kappa shape index (κ1) is 9.32. The third kappa shape index (κ3) is 3.96. The number of thioether (sulfide) groups is 1. The summed E-state index contributed by atoms with van der Waals surface area (Å²) in [6, 6.07) is 0. The van der Waals surface area contributed by atoms with Crippen molar-refractivity contribution in [2.24, 2.45) is 5.90 Å². The Kier molecular flexibility index (Phi) is 4.94. The van der Waals surface area contributed by atoms with Gasteiger partial charge < -0.3 is 9.74 Å². The molecule has 66 valence electrons. The summed E-state index contributed by atoms with van der Waals surface area (Å²) in [5.74, 6) is 7.48. The van der Waals surface area contributed by atoms with Gasteiger partial charge in [-0.15, -0.1) is 0 Å². The third-order valence-corrected chi connectivity index (χ3v) is 2.78. The molecule has 1 rings (SSSR count). The summed E-state index contributed by atoms with van der Waals surface area (Å²) in [6.07, 6.45) is 1.06. The standard InChI is InChI=1S/C7H16N2OS/c8-10-5-1-2-9-3-6-11-7-4-9/h1-8H2. The zero-order valence-electron chi connectivity index (χ0n) is 6.79. The predicted octanol–water partition coefficient (Wildman–Crippen LogP) is 0.316. The van der Waals surface area contributed by atoms with Crippen LogP contribution in [0, 0.1) is 0 Å². The second-order valence-electron chi connectivity index (χ2n) is 2.68. The van der Waals surface area contributed by atoms with Crippen molar-refractivity contribution >= 4 is 11.8 Å². The van der Waals surface area contributed by atoms with Crippen LogP contribution in [-0.2, 0) is 4.84 Å². The highest BCUT2D eigenvalue weighted by molar-refractivity contribution is 7.99. The summed E-state index contributed by atoms with van der Waals surface area (Å²) in [6.45, 7) is 4.28. The minimum atomic E-state index is 0.684. The van der Waals surface area contributed by atoms with Crippen molar-refractivity contribution in [3.05, 3.63) is 0 Å². The summed E-state index contributed by atoms with van der Waals surface area (Å²) in [4.78, 5) is 6.97. The molecule has 0 aliphatic carbocycles. The van der Waals surface area contributed by atoms with Gasteiger partial charge in [0, 0.05) is 31.1 Å². The van der Waals surface area contributed by atoms with Crippen molar-refractivity contribution in [2.75, 3.05) is 37.7 Å². The van der Waals surface area contributed by atoms with E-state index in [0.717, 1.165) is 13.0 Å². The first-order valence-corrected chi connectivity index (χ1v) is 5.21. The second kappa shape index (κ2) is 5.83. The Balaban J connectivity index is 1.96. The highest BCUT2D eigenvalue weighted by Crippen LogP contribution is 2.08. The molecule has 3 nitrogen and oxygen atoms in total. The van der Waals surface area contributed by atoms with Crippen LogP contribution in [0.4, 0.5) is 0 Å². The van der Waals surface area contributed by atoms with Crippen molar-refractivity contribution in [2.45, 2.75) is 6.42 Å². The minimum Gasteiger partial charge on any atom is -0.305 e. The third-order valence-electron chi connectivity index (χ3n) is 1.84. The van der Waals surface area contributed by atoms with E-state index in [9.17, 15) is 0 Å². The Labute approximate surface area is 72.2 Å². The summed E-state index contributed by atoms with van der Waals surface area (Å²) >= 11 is 2.04. The van der Waals surface area contributed by atoms with E-state index in [4.69, 9.17) is 5.90 Å². The SMILES string of the molecule is NOCCCN1CCSCC1. The smallest absolute Gasteiger partial charge is 0.0691 e. The van der Waals surface area contributed by atoms with Gasteiger partial charge in [0.15, 0.2) is 0 Å². The van der Waals surface area contributed by atoms with Crippen LogP contribution in [0.3, 0.4) is 0 Å². The van der Waals surface area contributed by atoms with E-state index in [1.807, 2.05) is 11.8 Å². The molecule has 0 bridgehead atoms. The first-order valence-electron chi connectivity index (χ1n) is 4.05. The molecule has 0 amide bonds. The molecular weight excluding hydrogens is 160 g/mol. The van der Waals surface area contributed by atoms with Crippen molar-refractivity contribution in [3.63, 3.8) is 0 Å². The maximum Gasteiger partial charge on any atom is 0.0691 e. The molecule has 0 saturated carbocycles. The van der Waals surface area contributed by atoms with Crippen LogP contribution in [0.2, 0.25) is 0 Å². The average Bonchev–Trinajstić information content (AvgIpc) is 2.07. The van der Waals surface area contributed by atoms with Crippen LogP contribution in [-0.4, -0.2) is 42.6 Å². The fourth-order valence-corrected chi connectivity index (χ4v) is 2.17. The molecule has 0 atom stereocenters. The molecule has 4 heteroatoms. The lowest BCUT2D eigenvalue weighted by Crippen LogP contribution is -2.33. The van der Waals surface area contributed by atoms with Gasteiger partial charge in [0.2, 0.25) is 0 Å². The van der Waals surface area contributed by atoms with Crippen LogP contribution in [0.5, 0.6) is 0 Å².